The van der Waals surface area contributed by atoms with Crippen LogP contribution in [0.2, 0.25) is 0 Å². The van der Waals surface area contributed by atoms with Gasteiger partial charge in [0.2, 0.25) is 0 Å². The first-order valence-electron chi connectivity index (χ1n) is 7.08. The molecule has 104 valence electrons. The molecule has 1 aliphatic rings. The largest absolute Gasteiger partial charge is 0.480 e. The van der Waals surface area contributed by atoms with Crippen LogP contribution in [0, 0.1) is 6.92 Å². The Morgan fingerprint density at radius 1 is 1.32 bits per heavy atom. The van der Waals surface area contributed by atoms with Crippen LogP contribution in [-0.4, -0.2) is 35.1 Å². The van der Waals surface area contributed by atoms with Crippen LogP contribution >= 0.6 is 0 Å². The van der Waals surface area contributed by atoms with Crippen LogP contribution in [0.15, 0.2) is 24.3 Å². The predicted octanol–water partition coefficient (Wildman–Crippen LogP) is 2.87. The zero-order valence-corrected chi connectivity index (χ0v) is 11.8. The standard InChI is InChI=1S/C16H23NO2/c1-12-7-9-13(10-8-12)11-15(16(18)19)17(2)14-5-3-4-6-14/h7-10,14-15H,3-6,11H2,1-2H3,(H,18,19)/t15-/m0/s1. The first-order chi connectivity index (χ1) is 9.08. The molecule has 0 unspecified atom stereocenters. The van der Waals surface area contributed by atoms with Crippen molar-refractivity contribution < 1.29 is 9.90 Å². The van der Waals surface area contributed by atoms with Crippen molar-refractivity contribution in [2.45, 2.75) is 51.1 Å². The van der Waals surface area contributed by atoms with Gasteiger partial charge in [-0.15, -0.1) is 0 Å². The number of benzene rings is 1. The van der Waals surface area contributed by atoms with E-state index < -0.39 is 12.0 Å². The molecule has 0 saturated heterocycles. The Balaban J connectivity index is 2.07. The number of aryl methyl sites for hydroxylation is 1. The summed E-state index contributed by atoms with van der Waals surface area (Å²) in [6.45, 7) is 2.04. The van der Waals surface area contributed by atoms with E-state index in [1.54, 1.807) is 0 Å². The third-order valence-electron chi connectivity index (χ3n) is 4.23. The van der Waals surface area contributed by atoms with Crippen molar-refractivity contribution in [3.05, 3.63) is 35.4 Å². The number of hydrogen-bond donors (Lipinski definition) is 1. The highest BCUT2D eigenvalue weighted by atomic mass is 16.4. The molecule has 1 saturated carbocycles. The van der Waals surface area contributed by atoms with E-state index in [4.69, 9.17) is 0 Å². The quantitative estimate of drug-likeness (QED) is 0.886. The van der Waals surface area contributed by atoms with E-state index in [2.05, 4.69) is 4.90 Å². The Bertz CT molecular complexity index is 421. The third kappa shape index (κ3) is 3.57. The lowest BCUT2D eigenvalue weighted by atomic mass is 10.0. The summed E-state index contributed by atoms with van der Waals surface area (Å²) in [5, 5.41) is 9.48. The second kappa shape index (κ2) is 6.20. The van der Waals surface area contributed by atoms with Gasteiger partial charge in [-0.25, -0.2) is 0 Å². The van der Waals surface area contributed by atoms with E-state index in [0.29, 0.717) is 12.5 Å². The number of aliphatic carboxylic acids is 1. The maximum atomic E-state index is 11.5. The van der Waals surface area contributed by atoms with Gasteiger partial charge in [0.05, 0.1) is 0 Å². The van der Waals surface area contributed by atoms with E-state index in [-0.39, 0.29) is 0 Å². The fourth-order valence-electron chi connectivity index (χ4n) is 2.92. The second-order valence-electron chi connectivity index (χ2n) is 5.65. The van der Waals surface area contributed by atoms with E-state index in [9.17, 15) is 9.90 Å². The van der Waals surface area contributed by atoms with Gasteiger partial charge in [-0.1, -0.05) is 42.7 Å². The number of carbonyl (C=O) groups is 1. The topological polar surface area (TPSA) is 40.5 Å². The highest BCUT2D eigenvalue weighted by molar-refractivity contribution is 5.74. The summed E-state index contributed by atoms with van der Waals surface area (Å²) in [7, 11) is 1.96. The smallest absolute Gasteiger partial charge is 0.321 e. The molecule has 3 nitrogen and oxygen atoms in total. The number of nitrogens with zero attached hydrogens (tertiary/aromatic N) is 1. The van der Waals surface area contributed by atoms with Crippen molar-refractivity contribution in [2.24, 2.45) is 0 Å². The monoisotopic (exact) mass is 261 g/mol. The molecule has 1 aromatic carbocycles. The molecular weight excluding hydrogens is 238 g/mol. The summed E-state index contributed by atoms with van der Waals surface area (Å²) in [5.41, 5.74) is 2.31. The highest BCUT2D eigenvalue weighted by Crippen LogP contribution is 2.25. The summed E-state index contributed by atoms with van der Waals surface area (Å²) in [4.78, 5) is 13.6. The number of likely N-dealkylation sites (N-methyl/N-ethyl adjacent to an activating group) is 1. The van der Waals surface area contributed by atoms with Crippen LogP contribution in [0.1, 0.15) is 36.8 Å². The van der Waals surface area contributed by atoms with E-state index in [1.165, 1.54) is 18.4 Å². The first kappa shape index (κ1) is 14.1. The normalized spacial score (nSPS) is 17.8. The lowest BCUT2D eigenvalue weighted by Gasteiger charge is -2.30. The van der Waals surface area contributed by atoms with Gasteiger partial charge in [-0.2, -0.15) is 0 Å². The minimum Gasteiger partial charge on any atom is -0.480 e. The van der Waals surface area contributed by atoms with Gasteiger partial charge in [0.25, 0.3) is 0 Å². The Morgan fingerprint density at radius 2 is 1.89 bits per heavy atom. The van der Waals surface area contributed by atoms with Gasteiger partial charge in [0.1, 0.15) is 6.04 Å². The molecule has 0 spiro atoms. The number of rotatable bonds is 5. The summed E-state index contributed by atoms with van der Waals surface area (Å²) >= 11 is 0. The molecule has 1 aromatic rings. The van der Waals surface area contributed by atoms with Crippen LogP contribution in [0.5, 0.6) is 0 Å². The van der Waals surface area contributed by atoms with Crippen molar-refractivity contribution in [1.29, 1.82) is 0 Å². The van der Waals surface area contributed by atoms with Crippen molar-refractivity contribution in [3.8, 4) is 0 Å². The SMILES string of the molecule is Cc1ccc(C[C@@H](C(=O)O)N(C)C2CCCC2)cc1. The molecule has 1 N–H and O–H groups in total. The van der Waals surface area contributed by atoms with E-state index >= 15 is 0 Å². The van der Waals surface area contributed by atoms with Gasteiger partial charge < -0.3 is 5.11 Å². The molecule has 0 radical (unpaired) electrons. The third-order valence-corrected chi connectivity index (χ3v) is 4.23. The minimum atomic E-state index is -0.713. The van der Waals surface area contributed by atoms with Gasteiger partial charge in [-0.05, 0) is 38.8 Å². The van der Waals surface area contributed by atoms with E-state index in [1.807, 2.05) is 38.2 Å². The molecule has 0 aliphatic heterocycles. The summed E-state index contributed by atoms with van der Waals surface area (Å²) in [6, 6.07) is 8.19. The maximum absolute atomic E-state index is 11.5. The summed E-state index contributed by atoms with van der Waals surface area (Å²) in [5.74, 6) is -0.713. The van der Waals surface area contributed by atoms with Crippen LogP contribution in [0.25, 0.3) is 0 Å². The van der Waals surface area contributed by atoms with Gasteiger partial charge in [-0.3, -0.25) is 9.69 Å². The Hall–Kier alpha value is -1.35. The summed E-state index contributed by atoms with van der Waals surface area (Å²) < 4.78 is 0. The molecule has 19 heavy (non-hydrogen) atoms. The average Bonchev–Trinajstić information content (AvgIpc) is 2.91. The Kier molecular flexibility index (Phi) is 4.59. The molecule has 1 fully saturated rings. The molecule has 1 atom stereocenters. The zero-order valence-electron chi connectivity index (χ0n) is 11.8. The predicted molar refractivity (Wildman–Crippen MR) is 76.3 cm³/mol. The number of carboxylic acids is 1. The van der Waals surface area contributed by atoms with Crippen molar-refractivity contribution in [2.75, 3.05) is 7.05 Å². The number of carboxylic acid groups (broad SMARTS) is 1. The first-order valence-corrected chi connectivity index (χ1v) is 7.08. The summed E-state index contributed by atoms with van der Waals surface area (Å²) in [6.07, 6.45) is 5.31. The molecular formula is C16H23NO2. The zero-order chi connectivity index (χ0) is 13.8. The van der Waals surface area contributed by atoms with Gasteiger partial charge in [0, 0.05) is 6.04 Å². The molecule has 3 heteroatoms. The average molecular weight is 261 g/mol. The fraction of sp³-hybridized carbons (Fsp3) is 0.562. The van der Waals surface area contributed by atoms with Crippen LogP contribution in [0.3, 0.4) is 0 Å². The molecule has 0 bridgehead atoms. The molecule has 0 aromatic heterocycles. The van der Waals surface area contributed by atoms with Crippen molar-refractivity contribution in [1.82, 2.24) is 4.90 Å². The number of hydrogen-bond acceptors (Lipinski definition) is 2. The van der Waals surface area contributed by atoms with Crippen molar-refractivity contribution >= 4 is 5.97 Å². The molecule has 0 heterocycles. The maximum Gasteiger partial charge on any atom is 0.321 e. The van der Waals surface area contributed by atoms with Crippen LogP contribution in [-0.2, 0) is 11.2 Å². The lowest BCUT2D eigenvalue weighted by molar-refractivity contribution is -0.143. The van der Waals surface area contributed by atoms with E-state index in [0.717, 1.165) is 18.4 Å². The molecule has 2 rings (SSSR count). The van der Waals surface area contributed by atoms with Gasteiger partial charge in [0.15, 0.2) is 0 Å². The molecule has 0 amide bonds. The van der Waals surface area contributed by atoms with Crippen molar-refractivity contribution in [3.63, 3.8) is 0 Å². The Labute approximate surface area is 115 Å². The Morgan fingerprint density at radius 3 is 2.42 bits per heavy atom. The second-order valence-corrected chi connectivity index (χ2v) is 5.65. The molecule has 1 aliphatic carbocycles. The van der Waals surface area contributed by atoms with Gasteiger partial charge >= 0.3 is 5.97 Å². The lowest BCUT2D eigenvalue weighted by Crippen LogP contribution is -2.45. The van der Waals surface area contributed by atoms with Crippen LogP contribution in [0.4, 0.5) is 0 Å². The van der Waals surface area contributed by atoms with Crippen LogP contribution < -0.4 is 0 Å². The highest BCUT2D eigenvalue weighted by Gasteiger charge is 2.30. The fourth-order valence-corrected chi connectivity index (χ4v) is 2.92. The minimum absolute atomic E-state index is 0.411.